The van der Waals surface area contributed by atoms with Crippen molar-refractivity contribution in [3.63, 3.8) is 0 Å². The standard InChI is InChI=1S/C26H29BrN6O2/c1-16-14-18(8-9-21(16)35-19-6-4-3-5-7-19)29-24-22-23(20(27)15-28-25(22)34)31-26(32-24)30-17-10-12-33(2)13-11-17/h3-9,15-17H,10-14H2,1-2H3,(H,28,34)(H2,29,30,31,32). The minimum atomic E-state index is -0.232. The third kappa shape index (κ3) is 5.41. The number of likely N-dealkylation sites (tertiary alicyclic amines) is 1. The third-order valence-electron chi connectivity index (χ3n) is 6.46. The molecule has 2 aliphatic rings. The number of fused-ring (bicyclic) bond motifs is 1. The lowest BCUT2D eigenvalue weighted by molar-refractivity contribution is 0.263. The molecule has 0 spiro atoms. The molecule has 8 nitrogen and oxygen atoms in total. The lowest BCUT2D eigenvalue weighted by atomic mass is 9.98. The number of allylic oxidation sites excluding steroid dienone is 4. The van der Waals surface area contributed by atoms with Gasteiger partial charge < -0.3 is 25.3 Å². The first-order chi connectivity index (χ1) is 17.0. The number of nitrogens with one attached hydrogen (secondary N) is 3. The van der Waals surface area contributed by atoms with Crippen LogP contribution < -0.4 is 20.9 Å². The zero-order valence-corrected chi connectivity index (χ0v) is 21.4. The van der Waals surface area contributed by atoms with Crippen molar-refractivity contribution in [3.05, 3.63) is 75.0 Å². The highest BCUT2D eigenvalue weighted by molar-refractivity contribution is 9.10. The van der Waals surface area contributed by atoms with Gasteiger partial charge in [0.15, 0.2) is 0 Å². The number of hydrogen-bond donors (Lipinski definition) is 3. The predicted octanol–water partition coefficient (Wildman–Crippen LogP) is 4.89. The van der Waals surface area contributed by atoms with Gasteiger partial charge >= 0.3 is 0 Å². The molecule has 35 heavy (non-hydrogen) atoms. The second-order valence-corrected chi connectivity index (χ2v) is 10.1. The Hall–Kier alpha value is -3.17. The molecule has 2 aromatic heterocycles. The summed E-state index contributed by atoms with van der Waals surface area (Å²) in [5.41, 5.74) is 1.31. The molecule has 0 amide bonds. The summed E-state index contributed by atoms with van der Waals surface area (Å²) in [5, 5.41) is 7.33. The van der Waals surface area contributed by atoms with Crippen LogP contribution in [-0.2, 0) is 0 Å². The molecule has 1 aliphatic carbocycles. The fraction of sp³-hybridized carbons (Fsp3) is 0.346. The van der Waals surface area contributed by atoms with Crippen molar-refractivity contribution in [1.82, 2.24) is 19.9 Å². The first-order valence-electron chi connectivity index (χ1n) is 11.9. The van der Waals surface area contributed by atoms with Gasteiger partial charge in [0, 0.05) is 23.9 Å². The highest BCUT2D eigenvalue weighted by Crippen LogP contribution is 2.31. The molecule has 1 aromatic carbocycles. The lowest BCUT2D eigenvalue weighted by Gasteiger charge is -2.29. The van der Waals surface area contributed by atoms with E-state index < -0.39 is 0 Å². The van der Waals surface area contributed by atoms with Gasteiger partial charge in [-0.15, -0.1) is 0 Å². The molecule has 3 N–H and O–H groups in total. The Morgan fingerprint density at radius 1 is 1.14 bits per heavy atom. The van der Waals surface area contributed by atoms with Gasteiger partial charge in [0.05, 0.1) is 9.99 Å². The number of halogens is 1. The molecular weight excluding hydrogens is 508 g/mol. The molecule has 1 atom stereocenters. The molecule has 0 radical (unpaired) electrons. The molecule has 9 heteroatoms. The second-order valence-electron chi connectivity index (χ2n) is 9.21. The monoisotopic (exact) mass is 536 g/mol. The van der Waals surface area contributed by atoms with E-state index in [1.807, 2.05) is 42.5 Å². The summed E-state index contributed by atoms with van der Waals surface area (Å²) < 4.78 is 6.79. The van der Waals surface area contributed by atoms with Crippen molar-refractivity contribution < 1.29 is 4.74 Å². The van der Waals surface area contributed by atoms with E-state index in [9.17, 15) is 4.79 Å². The Kier molecular flexibility index (Phi) is 6.88. The maximum absolute atomic E-state index is 12.8. The number of aromatic amines is 1. The van der Waals surface area contributed by atoms with Crippen LogP contribution in [0, 0.1) is 5.92 Å². The Morgan fingerprint density at radius 3 is 2.66 bits per heavy atom. The minimum absolute atomic E-state index is 0.164. The van der Waals surface area contributed by atoms with Gasteiger partial charge in [0.25, 0.3) is 5.56 Å². The van der Waals surface area contributed by atoms with Crippen LogP contribution in [0.3, 0.4) is 0 Å². The number of H-pyrrole nitrogens is 1. The van der Waals surface area contributed by atoms with E-state index in [1.54, 1.807) is 6.20 Å². The molecule has 3 aromatic rings. The van der Waals surface area contributed by atoms with E-state index in [-0.39, 0.29) is 11.5 Å². The van der Waals surface area contributed by atoms with Crippen LogP contribution in [0.4, 0.5) is 11.8 Å². The van der Waals surface area contributed by atoms with Crippen LogP contribution in [0.1, 0.15) is 26.2 Å². The van der Waals surface area contributed by atoms with Gasteiger partial charge in [-0.1, -0.05) is 25.1 Å². The van der Waals surface area contributed by atoms with E-state index in [4.69, 9.17) is 9.72 Å². The molecular formula is C26H29BrN6O2. The molecule has 5 rings (SSSR count). The summed E-state index contributed by atoms with van der Waals surface area (Å²) in [6.45, 7) is 4.19. The van der Waals surface area contributed by atoms with Gasteiger partial charge in [-0.2, -0.15) is 4.98 Å². The van der Waals surface area contributed by atoms with Crippen LogP contribution >= 0.6 is 15.9 Å². The van der Waals surface area contributed by atoms with E-state index in [1.165, 1.54) is 0 Å². The Balaban J connectivity index is 1.44. The number of hydrogen-bond acceptors (Lipinski definition) is 7. The highest BCUT2D eigenvalue weighted by atomic mass is 79.9. The van der Waals surface area contributed by atoms with Gasteiger partial charge in [0.1, 0.15) is 22.7 Å². The Morgan fingerprint density at radius 2 is 1.91 bits per heavy atom. The number of pyridine rings is 1. The van der Waals surface area contributed by atoms with Crippen LogP contribution in [-0.4, -0.2) is 46.0 Å². The molecule has 0 saturated carbocycles. The topological polar surface area (TPSA) is 95.2 Å². The first kappa shape index (κ1) is 23.6. The predicted molar refractivity (Wildman–Crippen MR) is 143 cm³/mol. The molecule has 3 heterocycles. The zero-order valence-electron chi connectivity index (χ0n) is 19.8. The Labute approximate surface area is 212 Å². The van der Waals surface area contributed by atoms with Crippen molar-refractivity contribution >= 4 is 38.6 Å². The van der Waals surface area contributed by atoms with Crippen LogP contribution in [0.15, 0.2) is 69.4 Å². The summed E-state index contributed by atoms with van der Waals surface area (Å²) in [7, 11) is 2.14. The van der Waals surface area contributed by atoms with Crippen LogP contribution in [0.5, 0.6) is 5.75 Å². The van der Waals surface area contributed by atoms with Gasteiger partial charge in [-0.25, -0.2) is 4.98 Å². The molecule has 1 fully saturated rings. The van der Waals surface area contributed by atoms with Crippen molar-refractivity contribution in [2.75, 3.05) is 30.8 Å². The zero-order chi connectivity index (χ0) is 24.4. The number of anilines is 2. The summed E-state index contributed by atoms with van der Waals surface area (Å²) in [6.07, 6.45) is 8.36. The van der Waals surface area contributed by atoms with Crippen LogP contribution in [0.25, 0.3) is 10.9 Å². The van der Waals surface area contributed by atoms with Gasteiger partial charge in [0.2, 0.25) is 5.95 Å². The summed E-state index contributed by atoms with van der Waals surface area (Å²) in [6, 6.07) is 10.1. The molecule has 1 aliphatic heterocycles. The number of aromatic nitrogens is 3. The SMILES string of the molecule is CC1CC(Nc2nc(NC3CCN(C)CC3)nc3c(Br)c[nH]c(=O)c23)=CC=C1Oc1ccccc1. The number of nitrogens with zero attached hydrogens (tertiary/aromatic N) is 3. The summed E-state index contributed by atoms with van der Waals surface area (Å²) >= 11 is 3.54. The number of benzene rings is 1. The van der Waals surface area contributed by atoms with Crippen molar-refractivity contribution in [3.8, 4) is 5.75 Å². The number of ether oxygens (including phenoxy) is 1. The van der Waals surface area contributed by atoms with E-state index in [0.717, 1.165) is 49.6 Å². The fourth-order valence-corrected chi connectivity index (χ4v) is 4.86. The van der Waals surface area contributed by atoms with Crippen molar-refractivity contribution in [2.45, 2.75) is 32.2 Å². The normalized spacial score (nSPS) is 19.2. The van der Waals surface area contributed by atoms with Crippen molar-refractivity contribution in [2.24, 2.45) is 5.92 Å². The fourth-order valence-electron chi connectivity index (χ4n) is 4.46. The minimum Gasteiger partial charge on any atom is -0.461 e. The first-order valence-corrected chi connectivity index (χ1v) is 12.7. The lowest BCUT2D eigenvalue weighted by Crippen LogP contribution is -2.37. The third-order valence-corrected chi connectivity index (χ3v) is 7.07. The summed E-state index contributed by atoms with van der Waals surface area (Å²) in [4.78, 5) is 27.3. The molecule has 0 bridgehead atoms. The average Bonchev–Trinajstić information content (AvgIpc) is 2.85. The maximum Gasteiger partial charge on any atom is 0.261 e. The average molecular weight is 537 g/mol. The molecule has 1 unspecified atom stereocenters. The number of rotatable bonds is 6. The number of piperidine rings is 1. The number of para-hydroxylation sites is 1. The largest absolute Gasteiger partial charge is 0.461 e. The quantitative estimate of drug-likeness (QED) is 0.413. The van der Waals surface area contributed by atoms with Crippen molar-refractivity contribution in [1.29, 1.82) is 0 Å². The molecule has 1 saturated heterocycles. The van der Waals surface area contributed by atoms with Gasteiger partial charge in [-0.3, -0.25) is 4.79 Å². The summed E-state index contributed by atoms with van der Waals surface area (Å²) in [5.74, 6) is 2.90. The highest BCUT2D eigenvalue weighted by Gasteiger charge is 2.22. The molecule has 182 valence electrons. The Bertz CT molecular complexity index is 1330. The van der Waals surface area contributed by atoms with Crippen LogP contribution in [0.2, 0.25) is 0 Å². The second kappa shape index (κ2) is 10.2. The van der Waals surface area contributed by atoms with Gasteiger partial charge in [-0.05, 0) is 79.6 Å². The van der Waals surface area contributed by atoms with E-state index >= 15 is 0 Å². The smallest absolute Gasteiger partial charge is 0.261 e. The van der Waals surface area contributed by atoms with E-state index in [0.29, 0.717) is 33.2 Å². The van der Waals surface area contributed by atoms with E-state index in [2.05, 4.69) is 55.4 Å². The maximum atomic E-state index is 12.8.